The minimum Gasteiger partial charge on any atom is -0.481 e. The van der Waals surface area contributed by atoms with E-state index in [9.17, 15) is 14.7 Å². The van der Waals surface area contributed by atoms with E-state index in [0.717, 1.165) is 50.5 Å². The second-order valence-electron chi connectivity index (χ2n) is 10.7. The van der Waals surface area contributed by atoms with E-state index < -0.39 is 5.97 Å². The lowest BCUT2D eigenvalue weighted by Gasteiger charge is -2.31. The number of nitrogens with one attached hydrogen (secondary N) is 1. The van der Waals surface area contributed by atoms with Crippen molar-refractivity contribution in [1.82, 2.24) is 10.2 Å². The van der Waals surface area contributed by atoms with E-state index in [1.807, 2.05) is 11.8 Å². The van der Waals surface area contributed by atoms with Crippen LogP contribution in [0.2, 0.25) is 0 Å². The molecule has 2 N–H and O–H groups in total. The highest BCUT2D eigenvalue weighted by Crippen LogP contribution is 2.31. The van der Waals surface area contributed by atoms with Gasteiger partial charge in [0.25, 0.3) is 0 Å². The smallest absolute Gasteiger partial charge is 0.317 e. The van der Waals surface area contributed by atoms with E-state index in [2.05, 4.69) is 36.5 Å². The molecule has 6 nitrogen and oxygen atoms in total. The first-order valence-electron chi connectivity index (χ1n) is 13.9. The van der Waals surface area contributed by atoms with E-state index in [1.54, 1.807) is 0 Å². The molecule has 3 atom stereocenters. The van der Waals surface area contributed by atoms with Crippen LogP contribution in [0.4, 0.5) is 4.79 Å². The Balaban J connectivity index is 1.49. The number of carboxylic acids is 1. The van der Waals surface area contributed by atoms with Crippen molar-refractivity contribution in [2.75, 3.05) is 13.2 Å². The Morgan fingerprint density at radius 2 is 1.83 bits per heavy atom. The number of carbonyl (C=O) groups is 2. The number of nitrogens with zero attached hydrogens (tertiary/aromatic N) is 1. The monoisotopic (exact) mass is 486 g/mol. The van der Waals surface area contributed by atoms with E-state index in [1.165, 1.54) is 31.2 Å². The van der Waals surface area contributed by atoms with Gasteiger partial charge in [-0.25, -0.2) is 4.79 Å². The average molecular weight is 487 g/mol. The van der Waals surface area contributed by atoms with Gasteiger partial charge in [-0.1, -0.05) is 68.9 Å². The van der Waals surface area contributed by atoms with Crippen LogP contribution < -0.4 is 5.32 Å². The van der Waals surface area contributed by atoms with Gasteiger partial charge in [0, 0.05) is 19.1 Å². The molecule has 2 aliphatic rings. The summed E-state index contributed by atoms with van der Waals surface area (Å²) in [6.07, 6.45) is 12.8. The van der Waals surface area contributed by atoms with Crippen LogP contribution in [-0.4, -0.2) is 47.3 Å². The topological polar surface area (TPSA) is 78.9 Å². The first-order valence-corrected chi connectivity index (χ1v) is 13.9. The van der Waals surface area contributed by atoms with Gasteiger partial charge in [-0.3, -0.25) is 4.79 Å². The maximum atomic E-state index is 13.2. The third kappa shape index (κ3) is 9.47. The first kappa shape index (κ1) is 27.5. The standard InChI is InChI=1S/C29H46N2O4/c1-3-25(28(32)33)17-16-23-8-7-11-27(20-23)35-19-18-31(21-24-14-12-22(2)13-15-24)29(34)30-26-9-5-4-6-10-26/h12-15,23,25-27H,3-11,16-21H2,1-2H3,(H,30,34)(H,32,33). The summed E-state index contributed by atoms with van der Waals surface area (Å²) in [4.78, 5) is 26.4. The Kier molecular flexibility index (Phi) is 11.4. The SMILES string of the molecule is CCC(CCC1CCCC(OCCN(Cc2ccc(C)cc2)C(=O)NC2CCCCC2)C1)C(=O)O. The molecule has 0 bridgehead atoms. The molecule has 196 valence electrons. The quantitative estimate of drug-likeness (QED) is 0.363. The molecule has 6 heteroatoms. The molecule has 2 aliphatic carbocycles. The van der Waals surface area contributed by atoms with E-state index in [4.69, 9.17) is 4.74 Å². The summed E-state index contributed by atoms with van der Waals surface area (Å²) >= 11 is 0. The number of hydrogen-bond acceptors (Lipinski definition) is 3. The highest BCUT2D eigenvalue weighted by Gasteiger charge is 2.25. The molecular formula is C29H46N2O4. The number of benzene rings is 1. The largest absolute Gasteiger partial charge is 0.481 e. The van der Waals surface area contributed by atoms with Crippen molar-refractivity contribution in [3.63, 3.8) is 0 Å². The van der Waals surface area contributed by atoms with E-state index in [0.29, 0.717) is 32.0 Å². The number of ether oxygens (including phenoxy) is 1. The van der Waals surface area contributed by atoms with Crippen molar-refractivity contribution < 1.29 is 19.4 Å². The molecule has 2 fully saturated rings. The van der Waals surface area contributed by atoms with Crippen LogP contribution in [0.1, 0.15) is 95.1 Å². The van der Waals surface area contributed by atoms with Gasteiger partial charge in [0.1, 0.15) is 0 Å². The summed E-state index contributed by atoms with van der Waals surface area (Å²) in [7, 11) is 0. The van der Waals surface area contributed by atoms with Crippen molar-refractivity contribution in [3.8, 4) is 0 Å². The molecule has 0 aromatic heterocycles. The van der Waals surface area contributed by atoms with Crippen LogP contribution in [0, 0.1) is 18.8 Å². The zero-order chi connectivity index (χ0) is 25.0. The molecule has 0 radical (unpaired) electrons. The van der Waals surface area contributed by atoms with Crippen LogP contribution in [-0.2, 0) is 16.1 Å². The lowest BCUT2D eigenvalue weighted by Crippen LogP contribution is -2.46. The predicted molar refractivity (Wildman–Crippen MR) is 139 cm³/mol. The highest BCUT2D eigenvalue weighted by atomic mass is 16.5. The van der Waals surface area contributed by atoms with E-state index >= 15 is 0 Å². The third-order valence-electron chi connectivity index (χ3n) is 7.93. The fourth-order valence-corrected chi connectivity index (χ4v) is 5.60. The van der Waals surface area contributed by atoms with Crippen LogP contribution in [0.15, 0.2) is 24.3 Å². The van der Waals surface area contributed by atoms with Crippen molar-refractivity contribution in [2.24, 2.45) is 11.8 Å². The fourth-order valence-electron chi connectivity index (χ4n) is 5.60. The molecule has 0 spiro atoms. The van der Waals surface area contributed by atoms with Crippen LogP contribution >= 0.6 is 0 Å². The maximum Gasteiger partial charge on any atom is 0.317 e. The fraction of sp³-hybridized carbons (Fsp3) is 0.724. The normalized spacial score (nSPS) is 21.9. The summed E-state index contributed by atoms with van der Waals surface area (Å²) in [5, 5.41) is 12.6. The molecule has 1 aromatic carbocycles. The first-order chi connectivity index (χ1) is 16.9. The van der Waals surface area contributed by atoms with Gasteiger partial charge in [0.15, 0.2) is 0 Å². The number of rotatable bonds is 12. The van der Waals surface area contributed by atoms with Gasteiger partial charge in [-0.15, -0.1) is 0 Å². The number of aliphatic carboxylic acids is 1. The predicted octanol–water partition coefficient (Wildman–Crippen LogP) is 6.31. The van der Waals surface area contributed by atoms with Crippen molar-refractivity contribution in [1.29, 1.82) is 0 Å². The van der Waals surface area contributed by atoms with Crippen molar-refractivity contribution >= 4 is 12.0 Å². The second kappa shape index (κ2) is 14.5. The summed E-state index contributed by atoms with van der Waals surface area (Å²) in [6, 6.07) is 8.70. The molecule has 3 unspecified atom stereocenters. The molecule has 0 aliphatic heterocycles. The summed E-state index contributed by atoms with van der Waals surface area (Å²) in [6.45, 7) is 5.73. The van der Waals surface area contributed by atoms with Gasteiger partial charge in [-0.2, -0.15) is 0 Å². The lowest BCUT2D eigenvalue weighted by molar-refractivity contribution is -0.142. The molecule has 0 heterocycles. The van der Waals surface area contributed by atoms with E-state index in [-0.39, 0.29) is 24.1 Å². The summed E-state index contributed by atoms with van der Waals surface area (Å²) in [5.74, 6) is -0.356. The Morgan fingerprint density at radius 3 is 2.51 bits per heavy atom. The molecular weight excluding hydrogens is 440 g/mol. The number of hydrogen-bond donors (Lipinski definition) is 2. The molecule has 0 saturated heterocycles. The van der Waals surface area contributed by atoms with Crippen LogP contribution in [0.25, 0.3) is 0 Å². The Hall–Kier alpha value is -2.08. The maximum absolute atomic E-state index is 13.2. The lowest BCUT2D eigenvalue weighted by atomic mass is 9.82. The Bertz CT molecular complexity index is 775. The Morgan fingerprint density at radius 1 is 1.09 bits per heavy atom. The molecule has 35 heavy (non-hydrogen) atoms. The summed E-state index contributed by atoms with van der Waals surface area (Å²) < 4.78 is 6.28. The van der Waals surface area contributed by atoms with Crippen molar-refractivity contribution in [3.05, 3.63) is 35.4 Å². The number of amides is 2. The van der Waals surface area contributed by atoms with Gasteiger partial charge in [0.05, 0.1) is 18.6 Å². The Labute approximate surface area is 211 Å². The van der Waals surface area contributed by atoms with Crippen LogP contribution in [0.3, 0.4) is 0 Å². The van der Waals surface area contributed by atoms with Gasteiger partial charge in [-0.05, 0) is 63.4 Å². The molecule has 3 rings (SSSR count). The number of urea groups is 1. The van der Waals surface area contributed by atoms with Crippen molar-refractivity contribution in [2.45, 2.75) is 110 Å². The second-order valence-corrected chi connectivity index (χ2v) is 10.7. The highest BCUT2D eigenvalue weighted by molar-refractivity contribution is 5.74. The average Bonchev–Trinajstić information content (AvgIpc) is 2.86. The summed E-state index contributed by atoms with van der Waals surface area (Å²) in [5.41, 5.74) is 2.35. The number of aryl methyl sites for hydroxylation is 1. The number of carbonyl (C=O) groups excluding carboxylic acids is 1. The van der Waals surface area contributed by atoms with Gasteiger partial charge in [0.2, 0.25) is 0 Å². The number of carboxylic acid groups (broad SMARTS) is 1. The van der Waals surface area contributed by atoms with Crippen LogP contribution in [0.5, 0.6) is 0 Å². The third-order valence-corrected chi connectivity index (χ3v) is 7.93. The zero-order valence-electron chi connectivity index (χ0n) is 21.8. The molecule has 2 amide bonds. The van der Waals surface area contributed by atoms with Gasteiger partial charge >= 0.3 is 12.0 Å². The minimum atomic E-state index is -0.670. The minimum absolute atomic E-state index is 0.0156. The zero-order valence-corrected chi connectivity index (χ0v) is 21.8. The van der Waals surface area contributed by atoms with Gasteiger partial charge < -0.3 is 20.1 Å². The molecule has 1 aromatic rings. The molecule has 2 saturated carbocycles.